The molecule has 3 N–H and O–H groups in total. The van der Waals surface area contributed by atoms with Crippen molar-refractivity contribution in [2.75, 3.05) is 39.6 Å². The van der Waals surface area contributed by atoms with Crippen LogP contribution in [0.1, 0.15) is 434 Å². The van der Waals surface area contributed by atoms with Crippen molar-refractivity contribution < 1.29 is 80.2 Å². The zero-order valence-corrected chi connectivity index (χ0v) is 68.9. The Morgan fingerprint density at radius 2 is 0.500 bits per heavy atom. The van der Waals surface area contributed by atoms with Crippen LogP contribution in [0.5, 0.6) is 0 Å². The maximum Gasteiger partial charge on any atom is 0.472 e. The molecule has 0 heterocycles. The highest BCUT2D eigenvalue weighted by Gasteiger charge is 2.30. The number of aliphatic hydroxyl groups is 1. The van der Waals surface area contributed by atoms with E-state index in [0.29, 0.717) is 25.7 Å². The summed E-state index contributed by atoms with van der Waals surface area (Å²) in [6.45, 7) is 12.0. The van der Waals surface area contributed by atoms with Gasteiger partial charge in [0.15, 0.2) is 12.2 Å². The number of carbonyl (C=O) groups excluding carboxylic acids is 4. The lowest BCUT2D eigenvalue weighted by atomic mass is 9.99. The van der Waals surface area contributed by atoms with Gasteiger partial charge >= 0.3 is 39.5 Å². The summed E-state index contributed by atoms with van der Waals surface area (Å²) in [5.41, 5.74) is 0. The van der Waals surface area contributed by atoms with Gasteiger partial charge in [0, 0.05) is 25.7 Å². The van der Waals surface area contributed by atoms with Gasteiger partial charge in [-0.15, -0.1) is 0 Å². The van der Waals surface area contributed by atoms with Crippen LogP contribution in [0.15, 0.2) is 0 Å². The molecule has 0 aromatic rings. The average Bonchev–Trinajstić information content (AvgIpc) is 1.06. The first-order chi connectivity index (χ1) is 49.3. The number of rotatable bonds is 81. The van der Waals surface area contributed by atoms with E-state index in [4.69, 9.17) is 37.0 Å². The second kappa shape index (κ2) is 73.2. The summed E-state index contributed by atoms with van der Waals surface area (Å²) in [6, 6.07) is 0. The molecule has 0 rings (SSSR count). The Morgan fingerprint density at radius 3 is 0.745 bits per heavy atom. The third-order valence-corrected chi connectivity index (χ3v) is 21.6. The van der Waals surface area contributed by atoms with Gasteiger partial charge in [0.1, 0.15) is 19.3 Å². The average molecular weight is 1490 g/mol. The van der Waals surface area contributed by atoms with E-state index in [1.165, 1.54) is 244 Å². The van der Waals surface area contributed by atoms with Gasteiger partial charge in [-0.2, -0.15) is 0 Å². The van der Waals surface area contributed by atoms with Crippen molar-refractivity contribution in [3.05, 3.63) is 0 Å². The number of aliphatic hydroxyl groups excluding tert-OH is 1. The Kier molecular flexibility index (Phi) is 71.8. The third kappa shape index (κ3) is 74.9. The summed E-state index contributed by atoms with van der Waals surface area (Å²) >= 11 is 0. The molecule has 0 saturated heterocycles. The van der Waals surface area contributed by atoms with Crippen molar-refractivity contribution in [1.29, 1.82) is 0 Å². The first kappa shape index (κ1) is 100. The smallest absolute Gasteiger partial charge is 0.462 e. The van der Waals surface area contributed by atoms with Crippen LogP contribution in [0, 0.1) is 17.8 Å². The number of phosphoric acid groups is 2. The van der Waals surface area contributed by atoms with Crippen LogP contribution in [0.2, 0.25) is 0 Å². The minimum Gasteiger partial charge on any atom is -0.462 e. The Hall–Kier alpha value is -1.94. The van der Waals surface area contributed by atoms with E-state index in [1.54, 1.807) is 0 Å². The zero-order chi connectivity index (χ0) is 75.1. The number of esters is 4. The number of hydrogen-bond donors (Lipinski definition) is 3. The molecule has 0 saturated carbocycles. The van der Waals surface area contributed by atoms with Crippen LogP contribution in [0.3, 0.4) is 0 Å². The van der Waals surface area contributed by atoms with Crippen molar-refractivity contribution >= 4 is 39.5 Å². The largest absolute Gasteiger partial charge is 0.472 e. The SMILES string of the molecule is CCCCCCCCCCCCCCCCCCCC(=O)OC[C@H](COP(=O)(O)OC[C@@H](O)COP(=O)(O)OC[C@@H](COC(=O)CCCCCCCCCCCCC(C)C)OC(=O)CCCCCCCCCCCCC(C)CC)OC(=O)CCCCCCCCCCCCCCCCCC(C)C. The quantitative estimate of drug-likeness (QED) is 0.0222. The molecule has 606 valence electrons. The number of carbonyl (C=O) groups is 4. The Morgan fingerprint density at radius 1 is 0.284 bits per heavy atom. The molecule has 0 aromatic carbocycles. The van der Waals surface area contributed by atoms with E-state index in [9.17, 15) is 43.2 Å². The predicted octanol–water partition coefficient (Wildman–Crippen LogP) is 24.9. The van der Waals surface area contributed by atoms with Crippen LogP contribution >= 0.6 is 15.6 Å². The monoisotopic (exact) mass is 1490 g/mol. The van der Waals surface area contributed by atoms with Gasteiger partial charge in [-0.1, -0.05) is 382 Å². The van der Waals surface area contributed by atoms with Crippen molar-refractivity contribution in [2.45, 2.75) is 452 Å². The van der Waals surface area contributed by atoms with Crippen molar-refractivity contribution in [1.82, 2.24) is 0 Å². The lowest BCUT2D eigenvalue weighted by Crippen LogP contribution is -2.30. The minimum absolute atomic E-state index is 0.106. The third-order valence-electron chi connectivity index (χ3n) is 19.7. The van der Waals surface area contributed by atoms with E-state index in [1.807, 2.05) is 0 Å². The molecule has 3 unspecified atom stereocenters. The van der Waals surface area contributed by atoms with Gasteiger partial charge in [-0.3, -0.25) is 37.3 Å². The maximum atomic E-state index is 13.1. The van der Waals surface area contributed by atoms with Gasteiger partial charge in [-0.05, 0) is 43.4 Å². The molecule has 0 fully saturated rings. The molecule has 0 aliphatic carbocycles. The molecule has 0 aliphatic heterocycles. The normalized spacial score (nSPS) is 14.2. The minimum atomic E-state index is -4.96. The second-order valence-corrected chi connectivity index (χ2v) is 34.0. The molecule has 6 atom stereocenters. The van der Waals surface area contributed by atoms with Gasteiger partial charge in [-0.25, -0.2) is 9.13 Å². The van der Waals surface area contributed by atoms with Crippen LogP contribution in [0.4, 0.5) is 0 Å². The molecule has 0 radical (unpaired) electrons. The van der Waals surface area contributed by atoms with Crippen LogP contribution in [-0.2, 0) is 65.4 Å². The first-order valence-electron chi connectivity index (χ1n) is 42.9. The zero-order valence-electron chi connectivity index (χ0n) is 67.1. The molecule has 0 amide bonds. The fourth-order valence-electron chi connectivity index (χ4n) is 12.8. The summed E-state index contributed by atoms with van der Waals surface area (Å²) in [4.78, 5) is 73.2. The molecule has 19 heteroatoms. The number of hydrogen-bond acceptors (Lipinski definition) is 15. The predicted molar refractivity (Wildman–Crippen MR) is 418 cm³/mol. The van der Waals surface area contributed by atoms with Gasteiger partial charge < -0.3 is 33.8 Å². The number of phosphoric ester groups is 2. The van der Waals surface area contributed by atoms with E-state index in [-0.39, 0.29) is 25.7 Å². The summed E-state index contributed by atoms with van der Waals surface area (Å²) in [6.07, 6.45) is 62.3. The van der Waals surface area contributed by atoms with Gasteiger partial charge in [0.05, 0.1) is 26.4 Å². The fraction of sp³-hybridized carbons (Fsp3) is 0.952. The van der Waals surface area contributed by atoms with Crippen LogP contribution in [0.25, 0.3) is 0 Å². The van der Waals surface area contributed by atoms with E-state index < -0.39 is 97.5 Å². The summed E-state index contributed by atoms with van der Waals surface area (Å²) in [5, 5.41) is 10.7. The Bertz CT molecular complexity index is 1980. The number of ether oxygens (including phenoxy) is 4. The molecule has 0 aromatic heterocycles. The lowest BCUT2D eigenvalue weighted by molar-refractivity contribution is -0.161. The molecule has 17 nitrogen and oxygen atoms in total. The standard InChI is InChI=1S/C83H162O17P2/c1-8-10-11-12-13-14-15-16-17-18-21-24-27-36-43-50-57-64-80(85)93-70-78(99-82(87)66-59-52-45-38-28-25-22-19-20-23-26-33-40-47-54-61-74(3)4)72-97-101(89,90)95-68-77(84)69-96-102(91,92)98-73-79(71-94-81(86)65-58-51-44-37-31-29-34-41-48-55-62-75(5)6)100-83(88)67-60-53-46-39-32-30-35-42-49-56-63-76(7)9-2/h74-79,84H,8-73H2,1-7H3,(H,89,90)(H,91,92)/t76?,77-,78-,79-/m1/s1. The summed E-state index contributed by atoms with van der Waals surface area (Å²) in [7, 11) is -9.93. The van der Waals surface area contributed by atoms with E-state index >= 15 is 0 Å². The second-order valence-electron chi connectivity index (χ2n) is 31.1. The number of unbranched alkanes of at least 4 members (excludes halogenated alkanes) is 48. The molecular formula is C83H162O17P2. The van der Waals surface area contributed by atoms with Gasteiger partial charge in [0.2, 0.25) is 0 Å². The lowest BCUT2D eigenvalue weighted by Gasteiger charge is -2.21. The van der Waals surface area contributed by atoms with Crippen molar-refractivity contribution in [3.8, 4) is 0 Å². The van der Waals surface area contributed by atoms with Crippen molar-refractivity contribution in [2.24, 2.45) is 17.8 Å². The van der Waals surface area contributed by atoms with E-state index in [2.05, 4.69) is 48.5 Å². The topological polar surface area (TPSA) is 237 Å². The maximum absolute atomic E-state index is 13.1. The van der Waals surface area contributed by atoms with Crippen LogP contribution < -0.4 is 0 Å². The molecule has 0 aliphatic rings. The Labute approximate surface area is 626 Å². The van der Waals surface area contributed by atoms with Crippen LogP contribution in [-0.4, -0.2) is 96.7 Å². The molecule has 0 bridgehead atoms. The fourth-order valence-corrected chi connectivity index (χ4v) is 14.4. The molecule has 0 spiro atoms. The Balaban J connectivity index is 5.27. The highest BCUT2D eigenvalue weighted by Crippen LogP contribution is 2.45. The van der Waals surface area contributed by atoms with Gasteiger partial charge in [0.25, 0.3) is 0 Å². The summed E-state index contributed by atoms with van der Waals surface area (Å²) < 4.78 is 68.8. The van der Waals surface area contributed by atoms with Crippen molar-refractivity contribution in [3.63, 3.8) is 0 Å². The summed E-state index contributed by atoms with van der Waals surface area (Å²) in [5.74, 6) is 0.257. The van der Waals surface area contributed by atoms with E-state index in [0.717, 1.165) is 108 Å². The molecule has 102 heavy (non-hydrogen) atoms. The highest BCUT2D eigenvalue weighted by atomic mass is 31.2. The molecular weight excluding hydrogens is 1330 g/mol. The first-order valence-corrected chi connectivity index (χ1v) is 45.9. The highest BCUT2D eigenvalue weighted by molar-refractivity contribution is 7.47.